The molecule has 0 aliphatic carbocycles. The van der Waals surface area contributed by atoms with Crippen molar-refractivity contribution in [1.82, 2.24) is 4.57 Å². The largest absolute Gasteiger partial charge is 0.859 e. The first kappa shape index (κ1) is 21.0. The summed E-state index contributed by atoms with van der Waals surface area (Å²) < 4.78 is 4.21. The first-order valence-corrected chi connectivity index (χ1v) is 9.72. The van der Waals surface area contributed by atoms with E-state index in [0.29, 0.717) is 20.8 Å². The van der Waals surface area contributed by atoms with Crippen LogP contribution in [-0.2, 0) is 19.5 Å². The highest BCUT2D eigenvalue weighted by Gasteiger charge is 2.28. The van der Waals surface area contributed by atoms with E-state index in [1.165, 1.54) is 0 Å². The minimum Gasteiger partial charge on any atom is -0.859 e. The van der Waals surface area contributed by atoms with E-state index in [1.807, 2.05) is 22.9 Å². The monoisotopic (exact) mass is 455 g/mol. The number of imidazole rings is 1. The first-order chi connectivity index (χ1) is 13.0. The SMILES string of the molecule is Cl.[O-]C(C[n+]1cc(-c2ccc(Cl)c(Cl)c2)n2c1CCC2)=Nc1ccc(Cl)cc1. The molecule has 4 nitrogen and oxygen atoms in total. The molecule has 0 fully saturated rings. The Balaban J connectivity index is 0.00000225. The summed E-state index contributed by atoms with van der Waals surface area (Å²) in [6.45, 7) is 1.11. The van der Waals surface area contributed by atoms with Crippen molar-refractivity contribution in [2.24, 2.45) is 4.99 Å². The summed E-state index contributed by atoms with van der Waals surface area (Å²) in [5.41, 5.74) is 2.61. The molecular weight excluding hydrogens is 440 g/mol. The minimum absolute atomic E-state index is 0. The average Bonchev–Trinajstić information content (AvgIpc) is 3.23. The Morgan fingerprint density at radius 3 is 2.54 bits per heavy atom. The molecule has 1 aliphatic rings. The average molecular weight is 457 g/mol. The molecule has 0 radical (unpaired) electrons. The number of hydrogen-bond donors (Lipinski definition) is 0. The fourth-order valence-electron chi connectivity index (χ4n) is 3.37. The van der Waals surface area contributed by atoms with Crippen LogP contribution in [-0.4, -0.2) is 10.5 Å². The number of fused-ring (bicyclic) bond motifs is 1. The standard InChI is InChI=1S/C20H16Cl3N3O.ClH/c21-14-4-6-15(7-5-14)24-19(27)12-25-11-18(26-9-1-2-20(25)26)13-3-8-16(22)17(23)10-13;/h3-8,10-11H,1-2,9,12H2;1H. The van der Waals surface area contributed by atoms with Crippen molar-refractivity contribution in [3.05, 3.63) is 69.6 Å². The van der Waals surface area contributed by atoms with Gasteiger partial charge in [-0.3, -0.25) is 4.99 Å². The fraction of sp³-hybridized carbons (Fsp3) is 0.200. The van der Waals surface area contributed by atoms with Crippen LogP contribution >= 0.6 is 47.2 Å². The van der Waals surface area contributed by atoms with Crippen LogP contribution in [0.2, 0.25) is 15.1 Å². The molecule has 0 spiro atoms. The van der Waals surface area contributed by atoms with Gasteiger partial charge in [-0.25, -0.2) is 9.13 Å². The number of aromatic nitrogens is 2. The Bertz CT molecular complexity index is 1030. The quantitative estimate of drug-likeness (QED) is 0.314. The molecule has 146 valence electrons. The molecule has 0 saturated carbocycles. The Kier molecular flexibility index (Phi) is 6.56. The highest BCUT2D eigenvalue weighted by atomic mass is 35.5. The van der Waals surface area contributed by atoms with Gasteiger partial charge >= 0.3 is 0 Å². The van der Waals surface area contributed by atoms with E-state index in [9.17, 15) is 5.11 Å². The second kappa shape index (κ2) is 8.75. The van der Waals surface area contributed by atoms with Crippen LogP contribution < -0.4 is 9.67 Å². The van der Waals surface area contributed by atoms with Crippen LogP contribution in [0.25, 0.3) is 11.3 Å². The van der Waals surface area contributed by atoms with Crippen LogP contribution in [0.15, 0.2) is 53.7 Å². The summed E-state index contributed by atoms with van der Waals surface area (Å²) in [5.74, 6) is 0.916. The smallest absolute Gasteiger partial charge is 0.257 e. The fourth-order valence-corrected chi connectivity index (χ4v) is 3.80. The predicted molar refractivity (Wildman–Crippen MR) is 114 cm³/mol. The van der Waals surface area contributed by atoms with Crippen molar-refractivity contribution in [3.8, 4) is 11.3 Å². The maximum absolute atomic E-state index is 12.4. The van der Waals surface area contributed by atoms with Gasteiger partial charge in [0.2, 0.25) is 0 Å². The topological polar surface area (TPSA) is 44.2 Å². The summed E-state index contributed by atoms with van der Waals surface area (Å²) in [7, 11) is 0. The van der Waals surface area contributed by atoms with Crippen LogP contribution in [0.5, 0.6) is 0 Å². The summed E-state index contributed by atoms with van der Waals surface area (Å²) in [5, 5.41) is 14.1. The zero-order chi connectivity index (χ0) is 19.0. The van der Waals surface area contributed by atoms with E-state index < -0.39 is 0 Å². The van der Waals surface area contributed by atoms with Crippen molar-refractivity contribution < 1.29 is 9.67 Å². The van der Waals surface area contributed by atoms with Gasteiger partial charge in [-0.1, -0.05) is 34.8 Å². The zero-order valence-corrected chi connectivity index (χ0v) is 17.8. The van der Waals surface area contributed by atoms with Gasteiger partial charge in [0.1, 0.15) is 12.7 Å². The lowest BCUT2D eigenvalue weighted by molar-refractivity contribution is -0.693. The summed E-state index contributed by atoms with van der Waals surface area (Å²) in [4.78, 5) is 4.16. The molecule has 2 aromatic carbocycles. The normalized spacial score (nSPS) is 13.3. The molecular formula is C20H17Cl4N3O. The molecule has 8 heteroatoms. The number of hydrogen-bond acceptors (Lipinski definition) is 2. The van der Waals surface area contributed by atoms with Crippen molar-refractivity contribution in [2.45, 2.75) is 25.9 Å². The van der Waals surface area contributed by atoms with Crippen LogP contribution in [0, 0.1) is 0 Å². The zero-order valence-electron chi connectivity index (χ0n) is 14.7. The van der Waals surface area contributed by atoms with Gasteiger partial charge in [0.05, 0.1) is 28.7 Å². The van der Waals surface area contributed by atoms with E-state index in [4.69, 9.17) is 34.8 Å². The molecule has 28 heavy (non-hydrogen) atoms. The molecule has 2 heterocycles. The minimum atomic E-state index is -0.205. The van der Waals surface area contributed by atoms with Gasteiger partial charge in [-0.15, -0.1) is 12.4 Å². The highest BCUT2D eigenvalue weighted by Crippen LogP contribution is 2.30. The summed E-state index contributed by atoms with van der Waals surface area (Å²) in [6, 6.07) is 12.5. The Morgan fingerprint density at radius 1 is 1.07 bits per heavy atom. The molecule has 0 amide bonds. The maximum Gasteiger partial charge on any atom is 0.257 e. The molecule has 4 rings (SSSR count). The van der Waals surface area contributed by atoms with Gasteiger partial charge in [0.25, 0.3) is 5.82 Å². The highest BCUT2D eigenvalue weighted by molar-refractivity contribution is 6.42. The third-order valence-electron chi connectivity index (χ3n) is 4.60. The van der Waals surface area contributed by atoms with Gasteiger partial charge in [0.15, 0.2) is 5.69 Å². The van der Waals surface area contributed by atoms with Gasteiger partial charge in [-0.2, -0.15) is 0 Å². The Morgan fingerprint density at radius 2 is 1.82 bits per heavy atom. The van der Waals surface area contributed by atoms with E-state index in [-0.39, 0.29) is 24.8 Å². The van der Waals surface area contributed by atoms with Gasteiger partial charge < -0.3 is 5.11 Å². The van der Waals surface area contributed by atoms with Crippen LogP contribution in [0.1, 0.15) is 12.2 Å². The second-order valence-electron chi connectivity index (χ2n) is 6.42. The van der Waals surface area contributed by atoms with Gasteiger partial charge in [-0.05, 0) is 48.9 Å². The van der Waals surface area contributed by atoms with E-state index in [0.717, 1.165) is 36.5 Å². The second-order valence-corrected chi connectivity index (χ2v) is 7.68. The number of rotatable bonds is 4. The van der Waals surface area contributed by atoms with Crippen LogP contribution in [0.4, 0.5) is 5.69 Å². The summed E-state index contributed by atoms with van der Waals surface area (Å²) >= 11 is 18.1. The predicted octanol–water partition coefficient (Wildman–Crippen LogP) is 4.86. The number of benzene rings is 2. The molecule has 0 bridgehead atoms. The molecule has 1 aromatic heterocycles. The van der Waals surface area contributed by atoms with Crippen LogP contribution in [0.3, 0.4) is 0 Å². The van der Waals surface area contributed by atoms with Gasteiger partial charge in [0, 0.05) is 16.5 Å². The third kappa shape index (κ3) is 4.31. The molecule has 3 aromatic rings. The van der Waals surface area contributed by atoms with E-state index in [1.54, 1.807) is 30.3 Å². The lowest BCUT2D eigenvalue weighted by Crippen LogP contribution is -2.43. The third-order valence-corrected chi connectivity index (χ3v) is 5.59. The number of nitrogens with zero attached hydrogens (tertiary/aromatic N) is 3. The lowest BCUT2D eigenvalue weighted by atomic mass is 10.1. The number of halogens is 4. The van der Waals surface area contributed by atoms with E-state index >= 15 is 0 Å². The van der Waals surface area contributed by atoms with Crippen molar-refractivity contribution in [3.63, 3.8) is 0 Å². The summed E-state index contributed by atoms with van der Waals surface area (Å²) in [6.07, 6.45) is 3.96. The Hall–Kier alpha value is -1.72. The maximum atomic E-state index is 12.4. The number of aliphatic imine (C=N–C) groups is 1. The first-order valence-electron chi connectivity index (χ1n) is 8.58. The molecule has 0 N–H and O–H groups in total. The molecule has 0 saturated heterocycles. The molecule has 0 atom stereocenters. The van der Waals surface area contributed by atoms with Crippen molar-refractivity contribution in [2.75, 3.05) is 0 Å². The lowest BCUT2D eigenvalue weighted by Gasteiger charge is -2.08. The van der Waals surface area contributed by atoms with Crippen molar-refractivity contribution in [1.29, 1.82) is 0 Å². The molecule has 1 aliphatic heterocycles. The Labute approximate surface area is 184 Å². The van der Waals surface area contributed by atoms with E-state index in [2.05, 4.69) is 9.56 Å². The van der Waals surface area contributed by atoms with Crippen molar-refractivity contribution >= 4 is 58.8 Å². The molecule has 0 unspecified atom stereocenters.